The van der Waals surface area contributed by atoms with Crippen LogP contribution in [0.3, 0.4) is 0 Å². The summed E-state index contributed by atoms with van der Waals surface area (Å²) < 4.78 is 9.86. The molecule has 0 saturated carbocycles. The molecule has 4 aromatic heterocycles. The molecule has 4 heterocycles. The van der Waals surface area contributed by atoms with Gasteiger partial charge in [-0.25, -0.2) is 0 Å². The van der Waals surface area contributed by atoms with E-state index in [0.717, 1.165) is 28.3 Å². The van der Waals surface area contributed by atoms with Gasteiger partial charge in [-0.1, -0.05) is 152 Å². The molecule has 4 nitrogen and oxygen atoms in total. The molecule has 0 spiro atoms. The maximum atomic E-state index is 2.48. The van der Waals surface area contributed by atoms with E-state index in [4.69, 9.17) is 0 Å². The van der Waals surface area contributed by atoms with Crippen LogP contribution in [0.1, 0.15) is 0 Å². The Morgan fingerprint density at radius 1 is 0.234 bits per heavy atom. The van der Waals surface area contributed by atoms with Crippen molar-refractivity contribution in [2.45, 2.75) is 0 Å². The second-order valence-electron chi connectivity index (χ2n) is 16.9. The topological polar surface area (TPSA) is 19.7 Å². The summed E-state index contributed by atoms with van der Waals surface area (Å²) in [7, 11) is 0. The van der Waals surface area contributed by atoms with Gasteiger partial charge in [0.1, 0.15) is 0 Å². The van der Waals surface area contributed by atoms with E-state index >= 15 is 0 Å². The second kappa shape index (κ2) is 13.4. The normalized spacial score (nSPS) is 12.1. The zero-order valence-electron chi connectivity index (χ0n) is 34.7. The Hall–Kier alpha value is -8.60. The van der Waals surface area contributed by atoms with E-state index in [-0.39, 0.29) is 0 Å². The minimum absolute atomic E-state index is 1.12. The molecule has 14 aromatic rings. The highest BCUT2D eigenvalue weighted by atomic mass is 15.0. The number of rotatable bonds is 5. The molecule has 0 aliphatic rings. The van der Waals surface area contributed by atoms with E-state index in [1.807, 2.05) is 0 Å². The van der Waals surface area contributed by atoms with E-state index < -0.39 is 0 Å². The standard InChI is InChI=1S/C60H38N4/c1-3-19-40(20-4-1)62-51-30-13-8-25-44(51)46-34-36-55-57(59(46)62)48-27-10-15-32-53(48)61(55)42-23-17-18-39(38-42)43-24-7-12-29-50(43)64-54-33-16-11-28-49(54)58-56(64)37-35-47-45-26-9-14-31-52(45)63(60(47)58)41-21-5-2-6-22-41/h1-38H. The number of nitrogens with zero attached hydrogens (tertiary/aromatic N) is 4. The number of hydrogen-bond acceptors (Lipinski definition) is 0. The van der Waals surface area contributed by atoms with Crippen molar-refractivity contribution >= 4 is 87.2 Å². The van der Waals surface area contributed by atoms with Crippen molar-refractivity contribution in [3.8, 4) is 33.9 Å². The Bertz CT molecular complexity index is 4180. The predicted molar refractivity (Wildman–Crippen MR) is 269 cm³/mol. The maximum absolute atomic E-state index is 2.48. The first kappa shape index (κ1) is 35.0. The van der Waals surface area contributed by atoms with E-state index in [1.54, 1.807) is 0 Å². The summed E-state index contributed by atoms with van der Waals surface area (Å²) in [4.78, 5) is 0. The Balaban J connectivity index is 1.02. The fraction of sp³-hybridized carbons (Fsp3) is 0. The molecule has 0 bridgehead atoms. The van der Waals surface area contributed by atoms with Gasteiger partial charge in [-0.3, -0.25) is 0 Å². The van der Waals surface area contributed by atoms with Crippen LogP contribution in [0.25, 0.3) is 121 Å². The summed E-state index contributed by atoms with van der Waals surface area (Å²) in [5, 5.41) is 9.99. The molecular formula is C60H38N4. The van der Waals surface area contributed by atoms with E-state index in [9.17, 15) is 0 Å². The molecule has 0 fully saturated rings. The minimum atomic E-state index is 1.12. The Morgan fingerprint density at radius 2 is 0.656 bits per heavy atom. The van der Waals surface area contributed by atoms with Gasteiger partial charge < -0.3 is 18.3 Å². The van der Waals surface area contributed by atoms with Crippen LogP contribution in [0.15, 0.2) is 231 Å². The molecule has 0 aliphatic carbocycles. The summed E-state index contributed by atoms with van der Waals surface area (Å²) >= 11 is 0. The maximum Gasteiger partial charge on any atom is 0.0641 e. The van der Waals surface area contributed by atoms with E-state index in [0.29, 0.717) is 0 Å². The molecule has 14 rings (SSSR count). The number of aromatic nitrogens is 4. The largest absolute Gasteiger partial charge is 0.309 e. The molecule has 0 aliphatic heterocycles. The van der Waals surface area contributed by atoms with Gasteiger partial charge in [0, 0.05) is 65.7 Å². The minimum Gasteiger partial charge on any atom is -0.309 e. The van der Waals surface area contributed by atoms with Crippen LogP contribution in [0.2, 0.25) is 0 Å². The second-order valence-corrected chi connectivity index (χ2v) is 16.9. The fourth-order valence-electron chi connectivity index (χ4n) is 11.0. The van der Waals surface area contributed by atoms with Crippen LogP contribution in [-0.2, 0) is 0 Å². The van der Waals surface area contributed by atoms with Crippen LogP contribution in [-0.4, -0.2) is 18.3 Å². The molecule has 10 aromatic carbocycles. The van der Waals surface area contributed by atoms with Crippen LogP contribution in [0.5, 0.6) is 0 Å². The first-order valence-electron chi connectivity index (χ1n) is 22.0. The van der Waals surface area contributed by atoms with Gasteiger partial charge in [0.15, 0.2) is 0 Å². The van der Waals surface area contributed by atoms with Crippen molar-refractivity contribution in [2.75, 3.05) is 0 Å². The highest BCUT2D eigenvalue weighted by Gasteiger charge is 2.24. The molecule has 0 amide bonds. The van der Waals surface area contributed by atoms with Crippen molar-refractivity contribution in [2.24, 2.45) is 0 Å². The Morgan fingerprint density at radius 3 is 1.22 bits per heavy atom. The predicted octanol–water partition coefficient (Wildman–Crippen LogP) is 15.7. The van der Waals surface area contributed by atoms with Gasteiger partial charge in [0.05, 0.1) is 49.8 Å². The van der Waals surface area contributed by atoms with Gasteiger partial charge in [-0.2, -0.15) is 0 Å². The fourth-order valence-corrected chi connectivity index (χ4v) is 11.0. The first-order valence-corrected chi connectivity index (χ1v) is 22.0. The zero-order chi connectivity index (χ0) is 41.9. The number of fused-ring (bicyclic) bond motifs is 14. The van der Waals surface area contributed by atoms with Gasteiger partial charge in [-0.05, 0) is 84.4 Å². The third-order valence-electron chi connectivity index (χ3n) is 13.5. The lowest BCUT2D eigenvalue weighted by Crippen LogP contribution is -1.99. The smallest absolute Gasteiger partial charge is 0.0641 e. The van der Waals surface area contributed by atoms with E-state index in [2.05, 4.69) is 249 Å². The van der Waals surface area contributed by atoms with Crippen molar-refractivity contribution < 1.29 is 0 Å². The summed E-state index contributed by atoms with van der Waals surface area (Å²) in [6, 6.07) is 84.3. The van der Waals surface area contributed by atoms with Crippen molar-refractivity contribution in [3.63, 3.8) is 0 Å². The molecular weight excluding hydrogens is 777 g/mol. The van der Waals surface area contributed by atoms with Crippen LogP contribution in [0.4, 0.5) is 0 Å². The quantitative estimate of drug-likeness (QED) is 0.165. The summed E-state index contributed by atoms with van der Waals surface area (Å²) in [5.41, 5.74) is 16.5. The number of benzene rings is 10. The molecule has 64 heavy (non-hydrogen) atoms. The Labute approximate surface area is 368 Å². The Kier molecular flexibility index (Phi) is 7.36. The summed E-state index contributed by atoms with van der Waals surface area (Å²) in [6.07, 6.45) is 0. The van der Waals surface area contributed by atoms with Gasteiger partial charge in [0.2, 0.25) is 0 Å². The molecule has 0 atom stereocenters. The summed E-state index contributed by atoms with van der Waals surface area (Å²) in [6.45, 7) is 0. The lowest BCUT2D eigenvalue weighted by atomic mass is 10.0. The zero-order valence-corrected chi connectivity index (χ0v) is 34.7. The van der Waals surface area contributed by atoms with Crippen molar-refractivity contribution in [1.29, 1.82) is 0 Å². The monoisotopic (exact) mass is 814 g/mol. The van der Waals surface area contributed by atoms with Crippen LogP contribution >= 0.6 is 0 Å². The highest BCUT2D eigenvalue weighted by Crippen LogP contribution is 2.45. The van der Waals surface area contributed by atoms with Crippen molar-refractivity contribution in [1.82, 2.24) is 18.3 Å². The van der Waals surface area contributed by atoms with Gasteiger partial charge in [0.25, 0.3) is 0 Å². The van der Waals surface area contributed by atoms with Crippen LogP contribution in [0, 0.1) is 0 Å². The highest BCUT2D eigenvalue weighted by molar-refractivity contribution is 6.27. The lowest BCUT2D eigenvalue weighted by Gasteiger charge is -2.16. The van der Waals surface area contributed by atoms with Gasteiger partial charge >= 0.3 is 0 Å². The average molecular weight is 815 g/mol. The molecule has 0 radical (unpaired) electrons. The molecule has 0 N–H and O–H groups in total. The number of hydrogen-bond donors (Lipinski definition) is 0. The average Bonchev–Trinajstić information content (AvgIpc) is 4.09. The third kappa shape index (κ3) is 4.82. The molecule has 0 saturated heterocycles. The molecule has 4 heteroatoms. The van der Waals surface area contributed by atoms with Crippen molar-refractivity contribution in [3.05, 3.63) is 231 Å². The summed E-state index contributed by atoms with van der Waals surface area (Å²) in [5.74, 6) is 0. The van der Waals surface area contributed by atoms with Gasteiger partial charge in [-0.15, -0.1) is 0 Å². The first-order chi connectivity index (χ1) is 31.8. The molecule has 0 unspecified atom stereocenters. The van der Waals surface area contributed by atoms with Crippen LogP contribution < -0.4 is 0 Å². The third-order valence-corrected chi connectivity index (χ3v) is 13.5. The number of para-hydroxylation sites is 7. The van der Waals surface area contributed by atoms with E-state index in [1.165, 1.54) is 92.8 Å². The SMILES string of the molecule is c1ccc(-n2c3ccccc3c3ccc4c(c5ccccc5n4-c4cccc(-c5ccccc5-n5c6ccccc6c6c5ccc5c7ccccc7n(-c7ccccc7)c56)c4)c32)cc1. The molecule has 298 valence electrons. The lowest BCUT2D eigenvalue weighted by molar-refractivity contribution is 1.17.